The van der Waals surface area contributed by atoms with Crippen molar-refractivity contribution in [3.8, 4) is 0 Å². The predicted octanol–water partition coefficient (Wildman–Crippen LogP) is 6.52. The molecule has 0 amide bonds. The summed E-state index contributed by atoms with van der Waals surface area (Å²) < 4.78 is 151. The van der Waals surface area contributed by atoms with Crippen molar-refractivity contribution in [2.24, 2.45) is 0 Å². The summed E-state index contributed by atoms with van der Waals surface area (Å²) in [6, 6.07) is 32.3. The molecule has 260 valence electrons. The monoisotopic (exact) mass is 796 g/mol. The molecule has 0 saturated heterocycles. The van der Waals surface area contributed by atoms with Gasteiger partial charge >= 0.3 is 156 Å². The molecule has 2 N–H and O–H groups in total. The second-order valence-electron chi connectivity index (χ2n) is 9.85. The number of aliphatic hydroxyl groups is 2. The van der Waals surface area contributed by atoms with E-state index in [0.29, 0.717) is 0 Å². The molecule has 0 aliphatic heterocycles. The molecular formula is C29H23F12N2O2PPd. The maximum Gasteiger partial charge on any atom is -0.0134 e. The maximum absolute atomic E-state index is 12.7. The summed E-state index contributed by atoms with van der Waals surface area (Å²) in [4.78, 5) is 0. The minimum Gasteiger partial charge on any atom is -0.0622 e. The number of alkyl halides is 12. The number of benzene rings is 3. The number of imidazole rings is 1. The van der Waals surface area contributed by atoms with Crippen LogP contribution in [0.2, 0.25) is 0 Å². The van der Waals surface area contributed by atoms with Crippen molar-refractivity contribution in [1.82, 2.24) is 9.13 Å². The minimum atomic E-state index is -6.28. The van der Waals surface area contributed by atoms with Gasteiger partial charge in [0.15, 0.2) is 0 Å². The van der Waals surface area contributed by atoms with E-state index in [1.165, 1.54) is 15.9 Å². The predicted molar refractivity (Wildman–Crippen MR) is 145 cm³/mol. The molecule has 0 spiro atoms. The van der Waals surface area contributed by atoms with E-state index in [2.05, 4.69) is 91.0 Å². The Hall–Kier alpha value is -2.96. The van der Waals surface area contributed by atoms with E-state index < -0.39 is 60.8 Å². The van der Waals surface area contributed by atoms with Crippen LogP contribution in [0.3, 0.4) is 0 Å². The van der Waals surface area contributed by atoms with Gasteiger partial charge in [0.05, 0.1) is 0 Å². The summed E-state index contributed by atoms with van der Waals surface area (Å²) >= 11 is 1.93. The molecule has 0 bridgehead atoms. The Bertz CT molecular complexity index is 1450. The maximum atomic E-state index is 12.7. The molecular weight excluding hydrogens is 774 g/mol. The van der Waals surface area contributed by atoms with E-state index in [4.69, 9.17) is 10.2 Å². The molecule has 0 aliphatic carbocycles. The van der Waals surface area contributed by atoms with Crippen molar-refractivity contribution in [1.29, 1.82) is 0 Å². The van der Waals surface area contributed by atoms with Crippen LogP contribution in [0.4, 0.5) is 52.7 Å². The van der Waals surface area contributed by atoms with Gasteiger partial charge in [-0.25, -0.2) is 0 Å². The molecule has 3 aromatic carbocycles. The third-order valence-corrected chi connectivity index (χ3v) is 9.92. The number of hydrogen-bond acceptors (Lipinski definition) is 2. The van der Waals surface area contributed by atoms with Crippen LogP contribution in [0, 0.1) is 3.89 Å². The van der Waals surface area contributed by atoms with Gasteiger partial charge in [-0.1, -0.05) is 91.0 Å². The van der Waals surface area contributed by atoms with Crippen molar-refractivity contribution in [3.63, 3.8) is 0 Å². The van der Waals surface area contributed by atoms with E-state index >= 15 is 0 Å². The molecule has 1 heterocycles. The van der Waals surface area contributed by atoms with Gasteiger partial charge in [0.25, 0.3) is 0 Å². The molecule has 0 radical (unpaired) electrons. The Morgan fingerprint density at radius 1 is 0.468 bits per heavy atom. The first-order valence-corrected chi connectivity index (χ1v) is 15.0. The number of aromatic nitrogens is 2. The number of nitrogens with zero attached hydrogens (tertiary/aromatic N) is 2. The topological polar surface area (TPSA) is 50.3 Å². The van der Waals surface area contributed by atoms with Crippen molar-refractivity contribution in [3.05, 3.63) is 107 Å². The zero-order valence-electron chi connectivity index (χ0n) is 23.3. The van der Waals surface area contributed by atoms with Crippen LogP contribution in [0.5, 0.6) is 0 Å². The van der Waals surface area contributed by atoms with E-state index in [0.717, 1.165) is 0 Å². The average molecular weight is 797 g/mol. The van der Waals surface area contributed by atoms with Crippen LogP contribution in [0.15, 0.2) is 103 Å². The SMILES string of the molecule is OC(Cn1ccn(CC(O)(C(F)(F)F)C(F)(F)F)[c]1=[Pd])(C(F)(F)F)C(F)(F)F.c1ccc(P(c2ccccc2)c2ccccc2)cc1. The molecule has 18 heteroatoms. The van der Waals surface area contributed by atoms with Crippen LogP contribution in [-0.2, 0) is 31.8 Å². The Morgan fingerprint density at radius 3 is 0.915 bits per heavy atom. The third kappa shape index (κ3) is 8.56. The molecule has 0 atom stereocenters. The smallest absolute Gasteiger partial charge is 0.0134 e. The standard InChI is InChI=1S/C18H15P.C11H8F12N2O2.Pd/c1-4-10-16(11-5-1)19(17-12-6-2-7-13-17)18-14-8-3-9-15-18;12-8(13,14)6(26,9(15,16)17)3-24-1-2-25(5-24)4-7(27,10(18,19)20)11(21,22)23;/h1-15H;1-2,26-27H,3-4H2;. The van der Waals surface area contributed by atoms with E-state index in [1.807, 2.05) is 18.7 Å². The molecule has 4 aromatic rings. The van der Waals surface area contributed by atoms with Crippen LogP contribution >= 0.6 is 7.92 Å². The van der Waals surface area contributed by atoms with Crippen LogP contribution in [0.1, 0.15) is 0 Å². The third-order valence-electron chi connectivity index (χ3n) is 6.58. The molecule has 4 rings (SSSR count). The van der Waals surface area contributed by atoms with Gasteiger partial charge in [-0.15, -0.1) is 0 Å². The van der Waals surface area contributed by atoms with E-state index in [1.54, 1.807) is 0 Å². The summed E-state index contributed by atoms with van der Waals surface area (Å²) in [6.45, 7) is -4.67. The molecule has 47 heavy (non-hydrogen) atoms. The van der Waals surface area contributed by atoms with Crippen LogP contribution < -0.4 is 15.9 Å². The first kappa shape index (κ1) is 38.5. The van der Waals surface area contributed by atoms with Gasteiger partial charge in [0.2, 0.25) is 0 Å². The molecule has 0 fully saturated rings. The Morgan fingerprint density at radius 2 is 0.702 bits per heavy atom. The fourth-order valence-corrected chi connectivity index (χ4v) is 6.80. The van der Waals surface area contributed by atoms with Crippen LogP contribution in [-0.4, -0.2) is 55.3 Å². The molecule has 0 aliphatic rings. The molecule has 4 nitrogen and oxygen atoms in total. The summed E-state index contributed by atoms with van der Waals surface area (Å²) in [5, 5.41) is 22.3. The average Bonchev–Trinajstić information content (AvgIpc) is 3.30. The quantitative estimate of drug-likeness (QED) is 0.127. The largest absolute Gasteiger partial charge is 0.0622 e. The summed E-state index contributed by atoms with van der Waals surface area (Å²) in [5.41, 5.74) is -10.7. The van der Waals surface area contributed by atoms with Crippen molar-refractivity contribution < 1.29 is 81.6 Å². The molecule has 1 aromatic heterocycles. The summed E-state index contributed by atoms with van der Waals surface area (Å²) in [7, 11) is -0.446. The van der Waals surface area contributed by atoms with Crippen LogP contribution in [0.25, 0.3) is 0 Å². The van der Waals surface area contributed by atoms with Gasteiger partial charge in [0.1, 0.15) is 0 Å². The summed E-state index contributed by atoms with van der Waals surface area (Å²) in [5.74, 6) is 0. The number of halogens is 12. The van der Waals surface area contributed by atoms with Crippen molar-refractivity contribution in [2.75, 3.05) is 0 Å². The Kier molecular flexibility index (Phi) is 11.7. The summed E-state index contributed by atoms with van der Waals surface area (Å²) in [6.07, 6.45) is -24.6. The zero-order chi connectivity index (χ0) is 35.5. The minimum absolute atomic E-state index is 0.114. The van der Waals surface area contributed by atoms with Gasteiger partial charge in [-0.2, -0.15) is 0 Å². The van der Waals surface area contributed by atoms with Crippen molar-refractivity contribution in [2.45, 2.75) is 49.0 Å². The first-order valence-electron chi connectivity index (χ1n) is 12.9. The normalized spacial score (nSPS) is 13.4. The van der Waals surface area contributed by atoms with Gasteiger partial charge in [-0.3, -0.25) is 0 Å². The van der Waals surface area contributed by atoms with Gasteiger partial charge in [-0.05, 0) is 23.8 Å². The second kappa shape index (κ2) is 14.3. The fourth-order valence-electron chi connectivity index (χ4n) is 4.02. The number of hydrogen-bond donors (Lipinski definition) is 2. The zero-order valence-corrected chi connectivity index (χ0v) is 25.8. The molecule has 0 unspecified atom stereocenters. The van der Waals surface area contributed by atoms with E-state index in [9.17, 15) is 52.7 Å². The molecule has 0 saturated carbocycles. The fraction of sp³-hybridized carbons (Fsp3) is 0.276. The van der Waals surface area contributed by atoms with Gasteiger partial charge in [0, 0.05) is 0 Å². The van der Waals surface area contributed by atoms with E-state index in [-0.39, 0.29) is 21.5 Å². The Balaban J connectivity index is 0.000000272. The van der Waals surface area contributed by atoms with Gasteiger partial charge < -0.3 is 0 Å². The first-order chi connectivity index (χ1) is 21.5. The van der Waals surface area contributed by atoms with Crippen molar-refractivity contribution >= 4 is 23.8 Å². The second-order valence-corrected chi connectivity index (χ2v) is 12.8. The number of rotatable bonds is 7. The Labute approximate surface area is 270 Å².